The molecule has 2 unspecified atom stereocenters. The molecule has 0 saturated carbocycles. The topological polar surface area (TPSA) is 46.6 Å². The summed E-state index contributed by atoms with van der Waals surface area (Å²) in [4.78, 5) is 29.2. The third-order valence-corrected chi connectivity index (χ3v) is 6.95. The molecule has 4 heteroatoms. The fourth-order valence-electron chi connectivity index (χ4n) is 5.26. The summed E-state index contributed by atoms with van der Waals surface area (Å²) in [7, 11) is 0. The minimum Gasteiger partial charge on any atom is -0.452 e. The number of Topliss-reactive ketones (excluding diaryl/α,β-unsaturated/α-hetero) is 1. The number of rotatable bonds is 5. The highest BCUT2D eigenvalue weighted by molar-refractivity contribution is 6.08. The van der Waals surface area contributed by atoms with E-state index < -0.39 is 17.6 Å². The molecular formula is C29H29NO3. The van der Waals surface area contributed by atoms with Crippen molar-refractivity contribution < 1.29 is 14.3 Å². The number of ether oxygens (including phenoxy) is 1. The standard InChI is InChI=1S/C29H29NO3/c31-26-21-29(24-15-5-2-6-16-24,19-18-22-11-3-1-4-12-22)33-28(32)27(26)30-20-10-9-14-23-13-7-8-17-25(23)30/h1-8,11-13,15-17,27H,9-10,14,18-21H2. The zero-order valence-electron chi connectivity index (χ0n) is 18.8. The van der Waals surface area contributed by atoms with E-state index in [1.54, 1.807) is 0 Å². The van der Waals surface area contributed by atoms with Crippen molar-refractivity contribution in [3.05, 3.63) is 102 Å². The first-order chi connectivity index (χ1) is 16.2. The molecule has 1 saturated heterocycles. The van der Waals surface area contributed by atoms with E-state index in [-0.39, 0.29) is 12.2 Å². The van der Waals surface area contributed by atoms with Gasteiger partial charge in [0.25, 0.3) is 0 Å². The van der Waals surface area contributed by atoms with Crippen LogP contribution in [0.15, 0.2) is 84.9 Å². The van der Waals surface area contributed by atoms with Crippen LogP contribution in [0.3, 0.4) is 0 Å². The summed E-state index contributed by atoms with van der Waals surface area (Å²) in [5, 5.41) is 0. The molecule has 0 aromatic heterocycles. The lowest BCUT2D eigenvalue weighted by Crippen LogP contribution is -2.56. The van der Waals surface area contributed by atoms with E-state index in [9.17, 15) is 9.59 Å². The van der Waals surface area contributed by atoms with Crippen LogP contribution in [0, 0.1) is 0 Å². The quantitative estimate of drug-likeness (QED) is 0.403. The van der Waals surface area contributed by atoms with Crippen LogP contribution in [0.1, 0.15) is 42.4 Å². The zero-order chi connectivity index (χ0) is 22.7. The number of cyclic esters (lactones) is 1. The van der Waals surface area contributed by atoms with Gasteiger partial charge in [0.15, 0.2) is 11.8 Å². The Kier molecular flexibility index (Phi) is 5.99. The third kappa shape index (κ3) is 4.30. The van der Waals surface area contributed by atoms with Gasteiger partial charge < -0.3 is 9.64 Å². The summed E-state index contributed by atoms with van der Waals surface area (Å²) in [6.07, 6.45) is 4.46. The van der Waals surface area contributed by atoms with Crippen LogP contribution in [-0.2, 0) is 32.8 Å². The highest BCUT2D eigenvalue weighted by Gasteiger charge is 2.50. The Morgan fingerprint density at radius 2 is 1.55 bits per heavy atom. The number of nitrogens with zero attached hydrogens (tertiary/aromatic N) is 1. The van der Waals surface area contributed by atoms with Gasteiger partial charge in [-0.15, -0.1) is 0 Å². The fourth-order valence-corrected chi connectivity index (χ4v) is 5.26. The maximum atomic E-state index is 13.7. The third-order valence-electron chi connectivity index (χ3n) is 6.95. The maximum absolute atomic E-state index is 13.7. The van der Waals surface area contributed by atoms with Crippen LogP contribution >= 0.6 is 0 Å². The molecule has 0 bridgehead atoms. The largest absolute Gasteiger partial charge is 0.452 e. The average molecular weight is 440 g/mol. The molecule has 2 heterocycles. The molecule has 0 N–H and O–H groups in total. The van der Waals surface area contributed by atoms with E-state index in [2.05, 4.69) is 18.2 Å². The Morgan fingerprint density at radius 1 is 0.848 bits per heavy atom. The van der Waals surface area contributed by atoms with E-state index in [1.807, 2.05) is 71.6 Å². The van der Waals surface area contributed by atoms with Gasteiger partial charge in [0.2, 0.25) is 0 Å². The molecule has 0 aliphatic carbocycles. The molecule has 2 aliphatic rings. The van der Waals surface area contributed by atoms with E-state index in [4.69, 9.17) is 4.74 Å². The molecule has 5 rings (SSSR count). The van der Waals surface area contributed by atoms with Gasteiger partial charge in [-0.05, 0) is 54.9 Å². The van der Waals surface area contributed by atoms with Crippen LogP contribution in [0.25, 0.3) is 0 Å². The normalized spacial score (nSPS) is 22.9. The van der Waals surface area contributed by atoms with E-state index in [0.29, 0.717) is 13.0 Å². The van der Waals surface area contributed by atoms with E-state index in [1.165, 1.54) is 11.1 Å². The zero-order valence-corrected chi connectivity index (χ0v) is 18.8. The van der Waals surface area contributed by atoms with Crippen molar-refractivity contribution in [1.29, 1.82) is 0 Å². The Bertz CT molecular complexity index is 1110. The molecule has 0 spiro atoms. The summed E-state index contributed by atoms with van der Waals surface area (Å²) in [5.74, 6) is -0.486. The number of benzene rings is 3. The molecule has 0 amide bonds. The number of carbonyl (C=O) groups is 2. The number of hydrogen-bond donors (Lipinski definition) is 0. The molecular weight excluding hydrogens is 410 g/mol. The second kappa shape index (κ2) is 9.22. The lowest BCUT2D eigenvalue weighted by atomic mass is 9.80. The summed E-state index contributed by atoms with van der Waals surface area (Å²) < 4.78 is 6.27. The van der Waals surface area contributed by atoms with Gasteiger partial charge >= 0.3 is 5.97 Å². The second-order valence-electron chi connectivity index (χ2n) is 9.09. The Balaban J connectivity index is 1.46. The molecule has 0 radical (unpaired) electrons. The lowest BCUT2D eigenvalue weighted by molar-refractivity contribution is -0.175. The van der Waals surface area contributed by atoms with Gasteiger partial charge in [-0.2, -0.15) is 0 Å². The number of carbonyl (C=O) groups excluding carboxylic acids is 2. The van der Waals surface area contributed by atoms with Gasteiger partial charge in [0, 0.05) is 12.2 Å². The Labute approximate surface area is 195 Å². The average Bonchev–Trinajstić information content (AvgIpc) is 3.06. The number of para-hydroxylation sites is 1. The highest BCUT2D eigenvalue weighted by Crippen LogP contribution is 2.41. The van der Waals surface area contributed by atoms with Gasteiger partial charge in [-0.1, -0.05) is 78.9 Å². The fraction of sp³-hybridized carbons (Fsp3) is 0.310. The van der Waals surface area contributed by atoms with Gasteiger partial charge in [0.1, 0.15) is 5.60 Å². The van der Waals surface area contributed by atoms with Crippen LogP contribution in [0.4, 0.5) is 5.69 Å². The van der Waals surface area contributed by atoms with E-state index in [0.717, 1.165) is 36.9 Å². The summed E-state index contributed by atoms with van der Waals surface area (Å²) >= 11 is 0. The van der Waals surface area contributed by atoms with Crippen molar-refractivity contribution >= 4 is 17.4 Å². The van der Waals surface area contributed by atoms with Gasteiger partial charge in [-0.25, -0.2) is 4.79 Å². The molecule has 2 aliphatic heterocycles. The molecule has 3 aromatic rings. The van der Waals surface area contributed by atoms with Crippen molar-refractivity contribution in [3.8, 4) is 0 Å². The minimum absolute atomic E-state index is 0.0557. The molecule has 1 fully saturated rings. The number of anilines is 1. The predicted molar refractivity (Wildman–Crippen MR) is 129 cm³/mol. The minimum atomic E-state index is -0.937. The van der Waals surface area contributed by atoms with Crippen molar-refractivity contribution in [2.45, 2.75) is 50.2 Å². The molecule has 3 aromatic carbocycles. The molecule has 168 valence electrons. The number of ketones is 1. The Morgan fingerprint density at radius 3 is 2.30 bits per heavy atom. The first-order valence-electron chi connectivity index (χ1n) is 11.9. The molecule has 2 atom stereocenters. The summed E-state index contributed by atoms with van der Waals surface area (Å²) in [5.41, 5.74) is 3.30. The summed E-state index contributed by atoms with van der Waals surface area (Å²) in [6, 6.07) is 27.1. The maximum Gasteiger partial charge on any atom is 0.337 e. The van der Waals surface area contributed by atoms with Gasteiger partial charge in [0.05, 0.1) is 6.42 Å². The number of aryl methyl sites for hydroxylation is 2. The summed E-state index contributed by atoms with van der Waals surface area (Å²) in [6.45, 7) is 0.685. The monoisotopic (exact) mass is 439 g/mol. The van der Waals surface area contributed by atoms with Gasteiger partial charge in [-0.3, -0.25) is 4.79 Å². The highest BCUT2D eigenvalue weighted by atomic mass is 16.6. The first kappa shape index (κ1) is 21.4. The lowest BCUT2D eigenvalue weighted by Gasteiger charge is -2.42. The van der Waals surface area contributed by atoms with Crippen molar-refractivity contribution in [2.24, 2.45) is 0 Å². The molecule has 33 heavy (non-hydrogen) atoms. The van der Waals surface area contributed by atoms with Crippen molar-refractivity contribution in [1.82, 2.24) is 0 Å². The number of hydrogen-bond acceptors (Lipinski definition) is 4. The van der Waals surface area contributed by atoms with E-state index >= 15 is 0 Å². The second-order valence-corrected chi connectivity index (χ2v) is 9.09. The predicted octanol–water partition coefficient (Wildman–Crippen LogP) is 5.24. The molecule has 4 nitrogen and oxygen atoms in total. The Hall–Kier alpha value is -3.40. The van der Waals surface area contributed by atoms with Crippen LogP contribution in [-0.4, -0.2) is 24.3 Å². The van der Waals surface area contributed by atoms with Crippen LogP contribution in [0.2, 0.25) is 0 Å². The first-order valence-corrected chi connectivity index (χ1v) is 11.9. The van der Waals surface area contributed by atoms with Crippen LogP contribution in [0.5, 0.6) is 0 Å². The van der Waals surface area contributed by atoms with Crippen molar-refractivity contribution in [3.63, 3.8) is 0 Å². The number of fused-ring (bicyclic) bond motifs is 1. The van der Waals surface area contributed by atoms with Crippen LogP contribution < -0.4 is 4.90 Å². The smallest absolute Gasteiger partial charge is 0.337 e. The number of esters is 1. The SMILES string of the molecule is O=C1CC(CCc2ccccc2)(c2ccccc2)OC(=O)C1N1CCCCc2ccccc21. The van der Waals surface area contributed by atoms with Crippen molar-refractivity contribution in [2.75, 3.05) is 11.4 Å².